The summed E-state index contributed by atoms with van der Waals surface area (Å²) in [6.45, 7) is 2.00. The van der Waals surface area contributed by atoms with Gasteiger partial charge in [-0.3, -0.25) is 10.00 Å². The maximum absolute atomic E-state index is 10.4. The van der Waals surface area contributed by atoms with Crippen molar-refractivity contribution in [3.63, 3.8) is 0 Å². The molecule has 2 heterocycles. The topological polar surface area (TPSA) is 52.1 Å². The Morgan fingerprint density at radius 1 is 1.30 bits per heavy atom. The fourth-order valence-electron chi connectivity index (χ4n) is 3.03. The molecule has 0 saturated carbocycles. The normalized spacial score (nSPS) is 21.1. The van der Waals surface area contributed by atoms with Crippen molar-refractivity contribution in [3.05, 3.63) is 53.9 Å². The minimum atomic E-state index is -0.372. The summed E-state index contributed by atoms with van der Waals surface area (Å²) in [7, 11) is 0. The summed E-state index contributed by atoms with van der Waals surface area (Å²) < 4.78 is 0. The zero-order valence-electron chi connectivity index (χ0n) is 11.6. The SMILES string of the molecule is OC(CC1CCCN1Cc1ccn[nH]1)c1ccccc1. The second-order valence-electron chi connectivity index (χ2n) is 5.51. The van der Waals surface area contributed by atoms with Gasteiger partial charge in [-0.1, -0.05) is 30.3 Å². The first-order chi connectivity index (χ1) is 9.83. The van der Waals surface area contributed by atoms with Crippen molar-refractivity contribution < 1.29 is 5.11 Å². The van der Waals surface area contributed by atoms with Crippen LogP contribution in [0.2, 0.25) is 0 Å². The first-order valence-electron chi connectivity index (χ1n) is 7.28. The third kappa shape index (κ3) is 3.08. The quantitative estimate of drug-likeness (QED) is 0.878. The third-order valence-corrected chi connectivity index (χ3v) is 4.11. The number of benzene rings is 1. The molecule has 3 rings (SSSR count). The van der Waals surface area contributed by atoms with Crippen LogP contribution >= 0.6 is 0 Å². The van der Waals surface area contributed by atoms with Gasteiger partial charge >= 0.3 is 0 Å². The van der Waals surface area contributed by atoms with Gasteiger partial charge in [-0.05, 0) is 37.4 Å². The fraction of sp³-hybridized carbons (Fsp3) is 0.438. The lowest BCUT2D eigenvalue weighted by molar-refractivity contribution is 0.117. The number of aliphatic hydroxyl groups excluding tert-OH is 1. The van der Waals surface area contributed by atoms with Crippen LogP contribution in [0.25, 0.3) is 0 Å². The fourth-order valence-corrected chi connectivity index (χ4v) is 3.03. The van der Waals surface area contributed by atoms with Gasteiger partial charge in [0, 0.05) is 24.5 Å². The van der Waals surface area contributed by atoms with E-state index in [9.17, 15) is 5.11 Å². The molecule has 0 amide bonds. The number of likely N-dealkylation sites (tertiary alicyclic amines) is 1. The Morgan fingerprint density at radius 3 is 2.90 bits per heavy atom. The van der Waals surface area contributed by atoms with Crippen LogP contribution < -0.4 is 0 Å². The number of aromatic nitrogens is 2. The number of nitrogens with zero attached hydrogens (tertiary/aromatic N) is 2. The smallest absolute Gasteiger partial charge is 0.0805 e. The summed E-state index contributed by atoms with van der Waals surface area (Å²) in [5.74, 6) is 0. The molecule has 1 aromatic carbocycles. The van der Waals surface area contributed by atoms with Crippen LogP contribution in [0.15, 0.2) is 42.6 Å². The number of H-pyrrole nitrogens is 1. The standard InChI is InChI=1S/C16H21N3O/c20-16(13-5-2-1-3-6-13)11-15-7-4-10-19(15)12-14-8-9-17-18-14/h1-3,5-6,8-9,15-16,20H,4,7,10-12H2,(H,17,18). The summed E-state index contributed by atoms with van der Waals surface area (Å²) in [6, 6.07) is 12.4. The van der Waals surface area contributed by atoms with Crippen LogP contribution in [-0.4, -0.2) is 32.8 Å². The van der Waals surface area contributed by atoms with E-state index in [-0.39, 0.29) is 6.10 Å². The van der Waals surface area contributed by atoms with Gasteiger partial charge in [-0.25, -0.2) is 0 Å². The zero-order valence-corrected chi connectivity index (χ0v) is 11.6. The van der Waals surface area contributed by atoms with Crippen molar-refractivity contribution in [2.75, 3.05) is 6.54 Å². The predicted octanol–water partition coefficient (Wildman–Crippen LogP) is 2.50. The highest BCUT2D eigenvalue weighted by Gasteiger charge is 2.27. The lowest BCUT2D eigenvalue weighted by atomic mass is 10.0. The maximum atomic E-state index is 10.4. The molecule has 4 heteroatoms. The van der Waals surface area contributed by atoms with Crippen molar-refractivity contribution in [2.45, 2.75) is 38.0 Å². The van der Waals surface area contributed by atoms with E-state index in [1.165, 1.54) is 6.42 Å². The Bertz CT molecular complexity index is 512. The number of rotatable bonds is 5. The molecule has 1 fully saturated rings. The van der Waals surface area contributed by atoms with Crippen molar-refractivity contribution in [2.24, 2.45) is 0 Å². The van der Waals surface area contributed by atoms with Gasteiger partial charge < -0.3 is 5.11 Å². The molecule has 2 aromatic rings. The monoisotopic (exact) mass is 271 g/mol. The van der Waals surface area contributed by atoms with Crippen LogP contribution in [0.1, 0.15) is 36.6 Å². The number of hydrogen-bond acceptors (Lipinski definition) is 3. The molecular formula is C16H21N3O. The van der Waals surface area contributed by atoms with Crippen LogP contribution in [-0.2, 0) is 6.54 Å². The lowest BCUT2D eigenvalue weighted by Gasteiger charge is -2.26. The Hall–Kier alpha value is -1.65. The van der Waals surface area contributed by atoms with Crippen LogP contribution in [0.4, 0.5) is 0 Å². The number of hydrogen-bond donors (Lipinski definition) is 2. The van der Waals surface area contributed by atoms with E-state index in [0.29, 0.717) is 6.04 Å². The molecule has 4 nitrogen and oxygen atoms in total. The van der Waals surface area contributed by atoms with Gasteiger partial charge in [0.05, 0.1) is 6.10 Å². The molecule has 0 spiro atoms. The maximum Gasteiger partial charge on any atom is 0.0805 e. The van der Waals surface area contributed by atoms with E-state index in [4.69, 9.17) is 0 Å². The van der Waals surface area contributed by atoms with Gasteiger partial charge in [-0.2, -0.15) is 5.10 Å². The minimum absolute atomic E-state index is 0.372. The van der Waals surface area contributed by atoms with Crippen molar-refractivity contribution in [1.29, 1.82) is 0 Å². The first kappa shape index (κ1) is 13.3. The molecule has 0 bridgehead atoms. The van der Waals surface area contributed by atoms with Crippen LogP contribution in [0, 0.1) is 0 Å². The highest BCUT2D eigenvalue weighted by molar-refractivity contribution is 5.17. The molecule has 0 radical (unpaired) electrons. The Labute approximate surface area is 119 Å². The number of aromatic amines is 1. The Kier molecular flexibility index (Phi) is 4.14. The van der Waals surface area contributed by atoms with E-state index in [1.54, 1.807) is 6.20 Å². The molecule has 106 valence electrons. The van der Waals surface area contributed by atoms with Crippen LogP contribution in [0.3, 0.4) is 0 Å². The summed E-state index contributed by atoms with van der Waals surface area (Å²) in [6.07, 6.45) is 4.60. The summed E-state index contributed by atoms with van der Waals surface area (Å²) in [5.41, 5.74) is 2.16. The van der Waals surface area contributed by atoms with Gasteiger partial charge in [0.15, 0.2) is 0 Å². The molecule has 1 aromatic heterocycles. The lowest BCUT2D eigenvalue weighted by Crippen LogP contribution is -2.30. The van der Waals surface area contributed by atoms with Gasteiger partial charge in [0.25, 0.3) is 0 Å². The molecular weight excluding hydrogens is 250 g/mol. The highest BCUT2D eigenvalue weighted by atomic mass is 16.3. The van der Waals surface area contributed by atoms with Gasteiger partial charge in [0.2, 0.25) is 0 Å². The van der Waals surface area contributed by atoms with Crippen molar-refractivity contribution in [3.8, 4) is 0 Å². The number of aliphatic hydroxyl groups is 1. The zero-order chi connectivity index (χ0) is 13.8. The average Bonchev–Trinajstić information content (AvgIpc) is 3.13. The number of nitrogens with one attached hydrogen (secondary N) is 1. The molecule has 2 atom stereocenters. The van der Waals surface area contributed by atoms with Crippen LogP contribution in [0.5, 0.6) is 0 Å². The third-order valence-electron chi connectivity index (χ3n) is 4.11. The summed E-state index contributed by atoms with van der Waals surface area (Å²) in [4.78, 5) is 2.44. The van der Waals surface area contributed by atoms with Crippen molar-refractivity contribution in [1.82, 2.24) is 15.1 Å². The van der Waals surface area contributed by atoms with E-state index in [0.717, 1.165) is 37.2 Å². The van der Waals surface area contributed by atoms with Gasteiger partial charge in [0.1, 0.15) is 0 Å². The molecule has 1 aliphatic rings. The Balaban J connectivity index is 1.61. The van der Waals surface area contributed by atoms with Crippen molar-refractivity contribution >= 4 is 0 Å². The minimum Gasteiger partial charge on any atom is -0.388 e. The Morgan fingerprint density at radius 2 is 2.15 bits per heavy atom. The molecule has 2 N–H and O–H groups in total. The van der Waals surface area contributed by atoms with E-state index < -0.39 is 0 Å². The van der Waals surface area contributed by atoms with E-state index in [1.807, 2.05) is 36.4 Å². The van der Waals surface area contributed by atoms with E-state index >= 15 is 0 Å². The second kappa shape index (κ2) is 6.20. The molecule has 0 aliphatic carbocycles. The average molecular weight is 271 g/mol. The second-order valence-corrected chi connectivity index (χ2v) is 5.51. The van der Waals surface area contributed by atoms with E-state index in [2.05, 4.69) is 15.1 Å². The summed E-state index contributed by atoms with van der Waals surface area (Å²) in [5, 5.41) is 17.4. The highest BCUT2D eigenvalue weighted by Crippen LogP contribution is 2.28. The molecule has 1 aliphatic heterocycles. The molecule has 1 saturated heterocycles. The largest absolute Gasteiger partial charge is 0.388 e. The molecule has 2 unspecified atom stereocenters. The summed E-state index contributed by atoms with van der Waals surface area (Å²) >= 11 is 0. The first-order valence-corrected chi connectivity index (χ1v) is 7.28. The predicted molar refractivity (Wildman–Crippen MR) is 78.0 cm³/mol. The molecule has 20 heavy (non-hydrogen) atoms. The van der Waals surface area contributed by atoms with Gasteiger partial charge in [-0.15, -0.1) is 0 Å².